The van der Waals surface area contributed by atoms with Crippen molar-refractivity contribution in [2.24, 2.45) is 0 Å². The molecule has 1 heterocycles. The Kier molecular flexibility index (Phi) is 3.83. The highest BCUT2D eigenvalue weighted by Gasteiger charge is 2.43. The Morgan fingerprint density at radius 2 is 1.90 bits per heavy atom. The second-order valence-electron chi connectivity index (χ2n) is 5.25. The Balaban J connectivity index is 2.13. The number of aromatic nitrogens is 2. The van der Waals surface area contributed by atoms with Gasteiger partial charge in [-0.15, -0.1) is 0 Å². The molecule has 104 valence electrons. The van der Waals surface area contributed by atoms with Crippen molar-refractivity contribution in [3.05, 3.63) is 57.0 Å². The molecule has 2 aromatic rings. The number of aryl methyl sites for hydroxylation is 1. The van der Waals surface area contributed by atoms with Crippen molar-refractivity contribution >= 4 is 27.5 Å². The van der Waals surface area contributed by atoms with Gasteiger partial charge in [0.15, 0.2) is 0 Å². The molecule has 0 saturated heterocycles. The maximum Gasteiger partial charge on any atom is 0.147 e. The zero-order valence-electron chi connectivity index (χ0n) is 11.4. The zero-order valence-corrected chi connectivity index (χ0v) is 13.7. The molecule has 20 heavy (non-hydrogen) atoms. The van der Waals surface area contributed by atoms with Crippen LogP contribution in [-0.4, -0.2) is 9.97 Å². The van der Waals surface area contributed by atoms with Gasteiger partial charge in [0.25, 0.3) is 0 Å². The first-order chi connectivity index (χ1) is 9.67. The van der Waals surface area contributed by atoms with E-state index in [1.807, 2.05) is 6.07 Å². The molecule has 4 heteroatoms. The predicted molar refractivity (Wildman–Crippen MR) is 85.2 cm³/mol. The van der Waals surface area contributed by atoms with Crippen molar-refractivity contribution in [1.82, 2.24) is 9.97 Å². The third-order valence-corrected chi connectivity index (χ3v) is 5.51. The molecule has 1 aliphatic carbocycles. The molecule has 1 aliphatic rings. The van der Waals surface area contributed by atoms with Crippen molar-refractivity contribution in [3.63, 3.8) is 0 Å². The molecule has 0 radical (unpaired) electrons. The fraction of sp³-hybridized carbons (Fsp3) is 0.375. The molecular weight excluding hydrogens is 336 g/mol. The van der Waals surface area contributed by atoms with Gasteiger partial charge in [-0.1, -0.05) is 55.3 Å². The molecule has 1 saturated carbocycles. The number of halogens is 2. The molecule has 0 N–H and O–H groups in total. The average Bonchev–Trinajstić information content (AvgIpc) is 2.42. The molecule has 0 amide bonds. The minimum atomic E-state index is -0.0461. The summed E-state index contributed by atoms with van der Waals surface area (Å²) in [5.41, 5.74) is 2.24. The maximum absolute atomic E-state index is 6.27. The molecule has 0 spiro atoms. The van der Waals surface area contributed by atoms with E-state index in [9.17, 15) is 0 Å². The van der Waals surface area contributed by atoms with Gasteiger partial charge in [0.2, 0.25) is 0 Å². The van der Waals surface area contributed by atoms with E-state index in [0.717, 1.165) is 35.3 Å². The normalized spacial score (nSPS) is 16.8. The van der Waals surface area contributed by atoms with Gasteiger partial charge >= 0.3 is 0 Å². The Morgan fingerprint density at radius 1 is 1.20 bits per heavy atom. The van der Waals surface area contributed by atoms with Crippen LogP contribution in [0.2, 0.25) is 5.15 Å². The van der Waals surface area contributed by atoms with Gasteiger partial charge in [-0.3, -0.25) is 0 Å². The minimum Gasteiger partial charge on any atom is -0.236 e. The molecular formula is C16H16BrClN2. The number of rotatable bonds is 3. The average molecular weight is 352 g/mol. The lowest BCUT2D eigenvalue weighted by Crippen LogP contribution is -2.37. The van der Waals surface area contributed by atoms with Crippen molar-refractivity contribution in [1.29, 1.82) is 0 Å². The summed E-state index contributed by atoms with van der Waals surface area (Å²) in [6, 6.07) is 10.5. The smallest absolute Gasteiger partial charge is 0.147 e. The highest BCUT2D eigenvalue weighted by Crippen LogP contribution is 2.48. The number of benzene rings is 1. The van der Waals surface area contributed by atoms with Gasteiger partial charge in [-0.2, -0.15) is 0 Å². The van der Waals surface area contributed by atoms with Gasteiger partial charge in [0, 0.05) is 0 Å². The van der Waals surface area contributed by atoms with Crippen molar-refractivity contribution in [2.45, 2.75) is 38.0 Å². The SMILES string of the molecule is CCc1nc(C2(c3ccccc3)CCC2)nc(Cl)c1Br. The van der Waals surface area contributed by atoms with Crippen molar-refractivity contribution in [3.8, 4) is 0 Å². The van der Waals surface area contributed by atoms with Crippen LogP contribution in [-0.2, 0) is 11.8 Å². The molecule has 0 unspecified atom stereocenters. The lowest BCUT2D eigenvalue weighted by Gasteiger charge is -2.41. The van der Waals surface area contributed by atoms with Crippen LogP contribution in [0.3, 0.4) is 0 Å². The van der Waals surface area contributed by atoms with Gasteiger partial charge in [0.1, 0.15) is 11.0 Å². The maximum atomic E-state index is 6.27. The van der Waals surface area contributed by atoms with Crippen LogP contribution in [0.5, 0.6) is 0 Å². The summed E-state index contributed by atoms with van der Waals surface area (Å²) in [7, 11) is 0. The number of hydrogen-bond acceptors (Lipinski definition) is 2. The van der Waals surface area contributed by atoms with E-state index in [0.29, 0.717) is 5.15 Å². The largest absolute Gasteiger partial charge is 0.236 e. The highest BCUT2D eigenvalue weighted by atomic mass is 79.9. The molecule has 1 aromatic carbocycles. The van der Waals surface area contributed by atoms with Crippen LogP contribution in [0.15, 0.2) is 34.8 Å². The summed E-state index contributed by atoms with van der Waals surface area (Å²) in [5.74, 6) is 0.875. The first kappa shape index (κ1) is 14.0. The second-order valence-corrected chi connectivity index (χ2v) is 6.40. The molecule has 0 bridgehead atoms. The predicted octanol–water partition coefficient (Wildman–Crippen LogP) is 4.92. The van der Waals surface area contributed by atoms with Gasteiger partial charge in [-0.05, 0) is 40.8 Å². The topological polar surface area (TPSA) is 25.8 Å². The molecule has 2 nitrogen and oxygen atoms in total. The van der Waals surface area contributed by atoms with E-state index >= 15 is 0 Å². The second kappa shape index (κ2) is 5.45. The third kappa shape index (κ3) is 2.17. The lowest BCUT2D eigenvalue weighted by molar-refractivity contribution is 0.284. The van der Waals surface area contributed by atoms with E-state index in [4.69, 9.17) is 16.6 Å². The van der Waals surface area contributed by atoms with Crippen LogP contribution in [0.4, 0.5) is 0 Å². The Hall–Kier alpha value is -0.930. The van der Waals surface area contributed by atoms with Gasteiger partial charge in [-0.25, -0.2) is 9.97 Å². The monoisotopic (exact) mass is 350 g/mol. The van der Waals surface area contributed by atoms with Crippen molar-refractivity contribution in [2.75, 3.05) is 0 Å². The van der Waals surface area contributed by atoms with Crippen LogP contribution >= 0.6 is 27.5 Å². The van der Waals surface area contributed by atoms with Gasteiger partial charge < -0.3 is 0 Å². The molecule has 3 rings (SSSR count). The summed E-state index contributed by atoms with van der Waals surface area (Å²) >= 11 is 9.75. The lowest BCUT2D eigenvalue weighted by atomic mass is 9.64. The summed E-state index contributed by atoms with van der Waals surface area (Å²) < 4.78 is 0.827. The standard InChI is InChI=1S/C16H16BrClN2/c1-2-12-13(17)14(18)20-15(19-12)16(9-6-10-16)11-7-4-3-5-8-11/h3-5,7-8H,2,6,9-10H2,1H3. The van der Waals surface area contributed by atoms with Crippen LogP contribution in [0, 0.1) is 0 Å². The molecule has 0 aliphatic heterocycles. The van der Waals surface area contributed by atoms with E-state index in [2.05, 4.69) is 52.1 Å². The third-order valence-electron chi connectivity index (χ3n) is 4.18. The quantitative estimate of drug-likeness (QED) is 0.733. The summed E-state index contributed by atoms with van der Waals surface area (Å²) in [6.45, 7) is 2.09. The molecule has 1 aromatic heterocycles. The fourth-order valence-electron chi connectivity index (χ4n) is 2.84. The first-order valence-corrected chi connectivity index (χ1v) is 8.12. The molecule has 0 atom stereocenters. The minimum absolute atomic E-state index is 0.0461. The fourth-order valence-corrected chi connectivity index (χ4v) is 3.49. The van der Waals surface area contributed by atoms with E-state index in [-0.39, 0.29) is 5.41 Å². The van der Waals surface area contributed by atoms with Crippen LogP contribution in [0.1, 0.15) is 43.3 Å². The van der Waals surface area contributed by atoms with Gasteiger partial charge in [0.05, 0.1) is 15.6 Å². The highest BCUT2D eigenvalue weighted by molar-refractivity contribution is 9.10. The first-order valence-electron chi connectivity index (χ1n) is 6.95. The Labute approximate surface area is 132 Å². The summed E-state index contributed by atoms with van der Waals surface area (Å²) in [5, 5.41) is 0.522. The Morgan fingerprint density at radius 3 is 2.45 bits per heavy atom. The van der Waals surface area contributed by atoms with E-state index in [1.54, 1.807) is 0 Å². The number of nitrogens with zero attached hydrogens (tertiary/aromatic N) is 2. The van der Waals surface area contributed by atoms with Crippen LogP contribution in [0.25, 0.3) is 0 Å². The summed E-state index contributed by atoms with van der Waals surface area (Å²) in [4.78, 5) is 9.34. The Bertz CT molecular complexity index is 624. The van der Waals surface area contributed by atoms with E-state index in [1.165, 1.54) is 12.0 Å². The number of hydrogen-bond donors (Lipinski definition) is 0. The zero-order chi connectivity index (χ0) is 14.2. The molecule has 1 fully saturated rings. The van der Waals surface area contributed by atoms with Crippen molar-refractivity contribution < 1.29 is 0 Å². The van der Waals surface area contributed by atoms with E-state index < -0.39 is 0 Å². The summed E-state index contributed by atoms with van der Waals surface area (Å²) in [6.07, 6.45) is 4.25. The van der Waals surface area contributed by atoms with Crippen LogP contribution < -0.4 is 0 Å².